The zero-order chi connectivity index (χ0) is 11.8. The van der Waals surface area contributed by atoms with Gasteiger partial charge in [-0.1, -0.05) is 51.1 Å². The van der Waals surface area contributed by atoms with Gasteiger partial charge in [-0.3, -0.25) is 5.10 Å². The van der Waals surface area contributed by atoms with E-state index in [-0.39, 0.29) is 5.41 Å². The van der Waals surface area contributed by atoms with Crippen LogP contribution in [-0.2, 0) is 5.41 Å². The summed E-state index contributed by atoms with van der Waals surface area (Å²) in [5, 5.41) is 7.40. The van der Waals surface area contributed by atoms with Crippen LogP contribution in [-0.4, -0.2) is 10.2 Å². The standard InChI is InChI=1S/C13H15BrN2/c1-13(2,3)11-10(12(14)16-15-11)9-7-5-4-6-8-9/h4-8H,1-3H3,(H,15,16). The first-order chi connectivity index (χ1) is 7.50. The van der Waals surface area contributed by atoms with Gasteiger partial charge in [0.2, 0.25) is 0 Å². The number of hydrogen-bond acceptors (Lipinski definition) is 1. The van der Waals surface area contributed by atoms with Crippen LogP contribution in [0.5, 0.6) is 0 Å². The molecule has 2 aromatic rings. The summed E-state index contributed by atoms with van der Waals surface area (Å²) in [6.45, 7) is 6.51. The van der Waals surface area contributed by atoms with Gasteiger partial charge in [0.05, 0.1) is 5.69 Å². The van der Waals surface area contributed by atoms with Gasteiger partial charge in [0.25, 0.3) is 0 Å². The van der Waals surface area contributed by atoms with Crippen LogP contribution in [0.1, 0.15) is 26.5 Å². The number of nitrogens with zero attached hydrogens (tertiary/aromatic N) is 1. The van der Waals surface area contributed by atoms with Crippen LogP contribution in [0.15, 0.2) is 34.9 Å². The third kappa shape index (κ3) is 2.05. The fourth-order valence-electron chi connectivity index (χ4n) is 1.73. The molecular weight excluding hydrogens is 264 g/mol. The van der Waals surface area contributed by atoms with E-state index in [2.05, 4.69) is 59.0 Å². The number of benzene rings is 1. The maximum atomic E-state index is 4.39. The lowest BCUT2D eigenvalue weighted by Crippen LogP contribution is -2.13. The first-order valence-electron chi connectivity index (χ1n) is 5.30. The van der Waals surface area contributed by atoms with Crippen LogP contribution in [0.25, 0.3) is 11.1 Å². The lowest BCUT2D eigenvalue weighted by molar-refractivity contribution is 0.568. The Hall–Kier alpha value is -1.09. The molecule has 0 atom stereocenters. The van der Waals surface area contributed by atoms with Crippen LogP contribution < -0.4 is 0 Å². The molecule has 1 N–H and O–H groups in total. The molecule has 2 nitrogen and oxygen atoms in total. The normalized spacial score (nSPS) is 11.8. The largest absolute Gasteiger partial charge is 0.270 e. The number of rotatable bonds is 1. The molecular formula is C13H15BrN2. The van der Waals surface area contributed by atoms with Crippen molar-refractivity contribution in [1.82, 2.24) is 10.2 Å². The predicted octanol–water partition coefficient (Wildman–Crippen LogP) is 4.14. The molecule has 1 heterocycles. The second kappa shape index (κ2) is 4.06. The van der Waals surface area contributed by atoms with Gasteiger partial charge >= 0.3 is 0 Å². The van der Waals surface area contributed by atoms with Gasteiger partial charge in [0, 0.05) is 11.0 Å². The minimum atomic E-state index is 0.0354. The minimum absolute atomic E-state index is 0.0354. The van der Waals surface area contributed by atoms with Crippen molar-refractivity contribution in [2.75, 3.05) is 0 Å². The molecule has 0 amide bonds. The Kier molecular flexibility index (Phi) is 2.89. The second-order valence-corrected chi connectivity index (χ2v) is 5.67. The maximum absolute atomic E-state index is 4.39. The second-order valence-electron chi connectivity index (χ2n) is 4.88. The van der Waals surface area contributed by atoms with E-state index in [9.17, 15) is 0 Å². The topological polar surface area (TPSA) is 28.7 Å². The zero-order valence-electron chi connectivity index (χ0n) is 9.71. The summed E-state index contributed by atoms with van der Waals surface area (Å²) in [5.41, 5.74) is 3.47. The van der Waals surface area contributed by atoms with E-state index in [0.717, 1.165) is 15.9 Å². The van der Waals surface area contributed by atoms with Crippen molar-refractivity contribution < 1.29 is 0 Å². The van der Waals surface area contributed by atoms with E-state index in [1.165, 1.54) is 5.56 Å². The van der Waals surface area contributed by atoms with Gasteiger partial charge in [0.1, 0.15) is 4.60 Å². The van der Waals surface area contributed by atoms with Gasteiger partial charge in [-0.05, 0) is 21.5 Å². The Bertz CT molecular complexity index is 480. The van der Waals surface area contributed by atoms with Crippen molar-refractivity contribution >= 4 is 15.9 Å². The highest BCUT2D eigenvalue weighted by Crippen LogP contribution is 2.35. The Morgan fingerprint density at radius 1 is 1.12 bits per heavy atom. The van der Waals surface area contributed by atoms with E-state index in [1.807, 2.05) is 18.2 Å². The van der Waals surface area contributed by atoms with Gasteiger partial charge in [-0.15, -0.1) is 0 Å². The summed E-state index contributed by atoms with van der Waals surface area (Å²) < 4.78 is 0.948. The molecule has 0 saturated carbocycles. The molecule has 16 heavy (non-hydrogen) atoms. The molecule has 0 saturated heterocycles. The summed E-state index contributed by atoms with van der Waals surface area (Å²) in [6, 6.07) is 10.3. The predicted molar refractivity (Wildman–Crippen MR) is 70.4 cm³/mol. The summed E-state index contributed by atoms with van der Waals surface area (Å²) in [5.74, 6) is 0. The van der Waals surface area contributed by atoms with Crippen molar-refractivity contribution in [3.8, 4) is 11.1 Å². The quantitative estimate of drug-likeness (QED) is 0.835. The first-order valence-corrected chi connectivity index (χ1v) is 6.09. The van der Waals surface area contributed by atoms with Crippen molar-refractivity contribution in [2.45, 2.75) is 26.2 Å². The van der Waals surface area contributed by atoms with Crippen LogP contribution >= 0.6 is 15.9 Å². The van der Waals surface area contributed by atoms with Crippen molar-refractivity contribution in [1.29, 1.82) is 0 Å². The van der Waals surface area contributed by atoms with Crippen LogP contribution in [0.2, 0.25) is 0 Å². The summed E-state index contributed by atoms with van der Waals surface area (Å²) in [6.07, 6.45) is 0. The van der Waals surface area contributed by atoms with Crippen molar-refractivity contribution in [2.24, 2.45) is 0 Å². The fourth-order valence-corrected chi connectivity index (χ4v) is 2.24. The smallest absolute Gasteiger partial charge is 0.109 e. The minimum Gasteiger partial charge on any atom is -0.270 e. The lowest BCUT2D eigenvalue weighted by atomic mass is 9.87. The molecule has 0 unspecified atom stereocenters. The lowest BCUT2D eigenvalue weighted by Gasteiger charge is -2.17. The van der Waals surface area contributed by atoms with Crippen molar-refractivity contribution in [3.63, 3.8) is 0 Å². The number of nitrogens with one attached hydrogen (secondary N) is 1. The number of halogens is 1. The Labute approximate surface area is 104 Å². The van der Waals surface area contributed by atoms with Gasteiger partial charge in [-0.2, -0.15) is 5.10 Å². The van der Waals surface area contributed by atoms with E-state index >= 15 is 0 Å². The zero-order valence-corrected chi connectivity index (χ0v) is 11.3. The van der Waals surface area contributed by atoms with E-state index in [0.29, 0.717) is 0 Å². The molecule has 2 rings (SSSR count). The SMILES string of the molecule is CC(C)(C)c1n[nH]c(Br)c1-c1ccccc1. The Morgan fingerprint density at radius 3 is 2.31 bits per heavy atom. The molecule has 0 aliphatic carbocycles. The van der Waals surface area contributed by atoms with Gasteiger partial charge in [-0.25, -0.2) is 0 Å². The third-order valence-corrected chi connectivity index (χ3v) is 3.07. The molecule has 3 heteroatoms. The average Bonchev–Trinajstić information content (AvgIpc) is 2.61. The number of hydrogen-bond donors (Lipinski definition) is 1. The molecule has 1 aromatic heterocycles. The average molecular weight is 279 g/mol. The maximum Gasteiger partial charge on any atom is 0.109 e. The molecule has 0 fully saturated rings. The van der Waals surface area contributed by atoms with Crippen LogP contribution in [0.4, 0.5) is 0 Å². The summed E-state index contributed by atoms with van der Waals surface area (Å²) in [7, 11) is 0. The highest BCUT2D eigenvalue weighted by molar-refractivity contribution is 9.10. The van der Waals surface area contributed by atoms with Crippen LogP contribution in [0, 0.1) is 0 Å². The number of H-pyrrole nitrogens is 1. The summed E-state index contributed by atoms with van der Waals surface area (Å²) >= 11 is 3.53. The highest BCUT2D eigenvalue weighted by atomic mass is 79.9. The molecule has 0 bridgehead atoms. The first kappa shape index (κ1) is 11.4. The molecule has 1 aromatic carbocycles. The Balaban J connectivity index is 2.61. The molecule has 0 aliphatic rings. The van der Waals surface area contributed by atoms with E-state index in [1.54, 1.807) is 0 Å². The number of aromatic amines is 1. The molecule has 0 aliphatic heterocycles. The highest BCUT2D eigenvalue weighted by Gasteiger charge is 2.24. The number of aromatic nitrogens is 2. The van der Waals surface area contributed by atoms with Crippen molar-refractivity contribution in [3.05, 3.63) is 40.6 Å². The van der Waals surface area contributed by atoms with E-state index < -0.39 is 0 Å². The van der Waals surface area contributed by atoms with E-state index in [4.69, 9.17) is 0 Å². The monoisotopic (exact) mass is 278 g/mol. The van der Waals surface area contributed by atoms with Gasteiger partial charge in [0.15, 0.2) is 0 Å². The fraction of sp³-hybridized carbons (Fsp3) is 0.308. The van der Waals surface area contributed by atoms with Gasteiger partial charge < -0.3 is 0 Å². The molecule has 0 radical (unpaired) electrons. The molecule has 0 spiro atoms. The Morgan fingerprint density at radius 2 is 1.75 bits per heavy atom. The third-order valence-electron chi connectivity index (χ3n) is 2.50. The molecule has 84 valence electrons. The summed E-state index contributed by atoms with van der Waals surface area (Å²) in [4.78, 5) is 0. The van der Waals surface area contributed by atoms with Crippen LogP contribution in [0.3, 0.4) is 0 Å².